The number of hydrogen-bond donors (Lipinski definition) is 1. The standard InChI is InChI=1S/C6H14NP/c1-5(8)4-6(2,3)7/h8H,4,7H2,1-3H3. The quantitative estimate of drug-likeness (QED) is 0.564. The summed E-state index contributed by atoms with van der Waals surface area (Å²) in [5.74, 6) is 0. The molecule has 0 saturated heterocycles. The molecule has 0 spiro atoms. The van der Waals surface area contributed by atoms with Gasteiger partial charge in [0.15, 0.2) is 0 Å². The number of hydrogen-bond acceptors (Lipinski definition) is 1. The zero-order valence-corrected chi connectivity index (χ0v) is 6.78. The fourth-order valence-electron chi connectivity index (χ4n) is 0.683. The largest absolute Gasteiger partial charge is 0.325 e. The van der Waals surface area contributed by atoms with Gasteiger partial charge in [0.25, 0.3) is 0 Å². The van der Waals surface area contributed by atoms with Crippen molar-refractivity contribution in [3.8, 4) is 0 Å². The number of nitrogens with two attached hydrogens (primary N) is 1. The summed E-state index contributed by atoms with van der Waals surface area (Å²) in [4.78, 5) is 0. The van der Waals surface area contributed by atoms with Gasteiger partial charge in [-0.2, -0.15) is 0 Å². The van der Waals surface area contributed by atoms with Crippen molar-refractivity contribution >= 4 is 14.2 Å². The normalized spacial score (nSPS) is 11.5. The highest BCUT2D eigenvalue weighted by Gasteiger charge is 2.09. The molecule has 0 saturated carbocycles. The molecule has 0 aromatic rings. The molecule has 0 rings (SSSR count). The van der Waals surface area contributed by atoms with Gasteiger partial charge in [-0.25, -0.2) is 0 Å². The van der Waals surface area contributed by atoms with Crippen LogP contribution in [0.25, 0.3) is 0 Å². The van der Waals surface area contributed by atoms with Crippen LogP contribution in [0, 0.1) is 0 Å². The molecule has 0 aliphatic rings. The minimum atomic E-state index is -0.0637. The monoisotopic (exact) mass is 131 g/mol. The third kappa shape index (κ3) is 6.13. The van der Waals surface area contributed by atoms with Gasteiger partial charge in [-0.05, 0) is 27.2 Å². The fraction of sp³-hybridized carbons (Fsp3) is 0.833. The molecule has 0 unspecified atom stereocenters. The van der Waals surface area contributed by atoms with Gasteiger partial charge in [-0.15, -0.1) is 8.86 Å². The second-order valence-corrected chi connectivity index (χ2v) is 3.80. The Bertz CT molecular complexity index is 91.2. The Morgan fingerprint density at radius 3 is 2.00 bits per heavy atom. The van der Waals surface area contributed by atoms with Crippen molar-refractivity contribution in [3.63, 3.8) is 0 Å². The minimum absolute atomic E-state index is 0.0637. The average molecular weight is 131 g/mol. The molecule has 1 nitrogen and oxygen atoms in total. The fourth-order valence-corrected chi connectivity index (χ4v) is 1.14. The number of rotatable bonds is 2. The highest BCUT2D eigenvalue weighted by atomic mass is 31.0. The van der Waals surface area contributed by atoms with E-state index in [1.807, 2.05) is 20.8 Å². The van der Waals surface area contributed by atoms with Crippen LogP contribution in [-0.4, -0.2) is 10.8 Å². The summed E-state index contributed by atoms with van der Waals surface area (Å²) < 4.78 is 0. The van der Waals surface area contributed by atoms with Gasteiger partial charge < -0.3 is 5.73 Å². The molecule has 48 valence electrons. The first-order chi connectivity index (χ1) is 3.42. The molecule has 0 atom stereocenters. The van der Waals surface area contributed by atoms with E-state index in [0.29, 0.717) is 0 Å². The smallest absolute Gasteiger partial charge is 0.0137 e. The van der Waals surface area contributed by atoms with Gasteiger partial charge in [-0.3, -0.25) is 0 Å². The van der Waals surface area contributed by atoms with Crippen molar-refractivity contribution in [2.45, 2.75) is 32.7 Å². The summed E-state index contributed by atoms with van der Waals surface area (Å²) in [6.07, 6.45) is 0.934. The second-order valence-electron chi connectivity index (χ2n) is 2.95. The Balaban J connectivity index is 3.55. The van der Waals surface area contributed by atoms with E-state index in [2.05, 4.69) is 8.86 Å². The van der Waals surface area contributed by atoms with Crippen molar-refractivity contribution in [1.82, 2.24) is 0 Å². The highest BCUT2D eigenvalue weighted by molar-refractivity contribution is 7.20. The Labute approximate surface area is 53.5 Å². The van der Waals surface area contributed by atoms with Crippen LogP contribution in [0.15, 0.2) is 0 Å². The molecule has 0 aromatic heterocycles. The molecule has 2 N–H and O–H groups in total. The van der Waals surface area contributed by atoms with Gasteiger partial charge in [0.1, 0.15) is 0 Å². The first kappa shape index (κ1) is 8.13. The van der Waals surface area contributed by atoms with E-state index < -0.39 is 0 Å². The lowest BCUT2D eigenvalue weighted by molar-refractivity contribution is 0.544. The Morgan fingerprint density at radius 1 is 1.62 bits per heavy atom. The molecule has 0 aromatic carbocycles. The van der Waals surface area contributed by atoms with Crippen molar-refractivity contribution in [2.75, 3.05) is 0 Å². The van der Waals surface area contributed by atoms with Gasteiger partial charge in [0, 0.05) is 5.54 Å². The van der Waals surface area contributed by atoms with E-state index in [-0.39, 0.29) is 5.54 Å². The lowest BCUT2D eigenvalue weighted by Gasteiger charge is -2.16. The summed E-state index contributed by atoms with van der Waals surface area (Å²) in [7, 11) is 3.39. The molecule has 0 heterocycles. The molecule has 0 aliphatic heterocycles. The Hall–Kier alpha value is 0.130. The molecule has 0 fully saturated rings. The molecular formula is C6H14NP. The van der Waals surface area contributed by atoms with Crippen LogP contribution in [0.4, 0.5) is 0 Å². The van der Waals surface area contributed by atoms with Crippen LogP contribution in [0.3, 0.4) is 0 Å². The van der Waals surface area contributed by atoms with Gasteiger partial charge >= 0.3 is 0 Å². The van der Waals surface area contributed by atoms with Crippen molar-refractivity contribution in [2.24, 2.45) is 5.73 Å². The molecule has 0 amide bonds. The van der Waals surface area contributed by atoms with E-state index >= 15 is 0 Å². The van der Waals surface area contributed by atoms with Crippen LogP contribution in [0.5, 0.6) is 0 Å². The van der Waals surface area contributed by atoms with E-state index in [1.165, 1.54) is 5.29 Å². The van der Waals surface area contributed by atoms with Crippen molar-refractivity contribution in [1.29, 1.82) is 0 Å². The van der Waals surface area contributed by atoms with E-state index in [9.17, 15) is 0 Å². The molecular weight excluding hydrogens is 117 g/mol. The lowest BCUT2D eigenvalue weighted by Crippen LogP contribution is -2.33. The topological polar surface area (TPSA) is 26.0 Å². The van der Waals surface area contributed by atoms with Crippen LogP contribution in [0.1, 0.15) is 27.2 Å². The first-order valence-electron chi connectivity index (χ1n) is 2.75. The zero-order chi connectivity index (χ0) is 6.78. The Kier molecular flexibility index (Phi) is 2.65. The third-order valence-corrected chi connectivity index (χ3v) is 0.898. The molecule has 8 heavy (non-hydrogen) atoms. The van der Waals surface area contributed by atoms with Crippen LogP contribution >= 0.6 is 8.86 Å². The van der Waals surface area contributed by atoms with Gasteiger partial charge in [0.2, 0.25) is 0 Å². The van der Waals surface area contributed by atoms with E-state index in [0.717, 1.165) is 6.42 Å². The van der Waals surface area contributed by atoms with Crippen LogP contribution in [-0.2, 0) is 0 Å². The van der Waals surface area contributed by atoms with Gasteiger partial charge in [0.05, 0.1) is 0 Å². The van der Waals surface area contributed by atoms with Gasteiger partial charge in [-0.1, -0.05) is 5.29 Å². The summed E-state index contributed by atoms with van der Waals surface area (Å²) in [5.41, 5.74) is 5.62. The first-order valence-corrected chi connectivity index (χ1v) is 3.25. The maximum absolute atomic E-state index is 5.68. The average Bonchev–Trinajstić information content (AvgIpc) is 1.21. The van der Waals surface area contributed by atoms with Crippen LogP contribution in [0.2, 0.25) is 0 Å². The summed E-state index contributed by atoms with van der Waals surface area (Å²) in [6, 6.07) is 0. The molecule has 0 aliphatic carbocycles. The molecule has 0 radical (unpaired) electrons. The van der Waals surface area contributed by atoms with E-state index in [4.69, 9.17) is 5.73 Å². The van der Waals surface area contributed by atoms with E-state index in [1.54, 1.807) is 0 Å². The maximum atomic E-state index is 5.68. The summed E-state index contributed by atoms with van der Waals surface area (Å²) in [6.45, 7) is 6.04. The SMILES string of the molecule is CC(=P)CC(C)(C)N. The van der Waals surface area contributed by atoms with Crippen molar-refractivity contribution < 1.29 is 0 Å². The molecule has 0 bridgehead atoms. The zero-order valence-electron chi connectivity index (χ0n) is 5.78. The molecule has 2 heteroatoms. The summed E-state index contributed by atoms with van der Waals surface area (Å²) in [5, 5.41) is 1.21. The maximum Gasteiger partial charge on any atom is 0.0137 e. The predicted molar refractivity (Wildman–Crippen MR) is 41.9 cm³/mol. The predicted octanol–water partition coefficient (Wildman–Crippen LogP) is 1.45. The summed E-state index contributed by atoms with van der Waals surface area (Å²) >= 11 is 0. The minimum Gasteiger partial charge on any atom is -0.325 e. The van der Waals surface area contributed by atoms with Crippen LogP contribution < -0.4 is 5.73 Å². The lowest BCUT2D eigenvalue weighted by atomic mass is 10.0. The third-order valence-electron chi connectivity index (χ3n) is 0.721. The Morgan fingerprint density at radius 2 is 2.00 bits per heavy atom. The second kappa shape index (κ2) is 2.61. The highest BCUT2D eigenvalue weighted by Crippen LogP contribution is 2.04. The van der Waals surface area contributed by atoms with Crippen molar-refractivity contribution in [3.05, 3.63) is 0 Å².